The van der Waals surface area contributed by atoms with Crippen molar-refractivity contribution in [3.63, 3.8) is 0 Å². The minimum absolute atomic E-state index is 0.107. The highest BCUT2D eigenvalue weighted by Crippen LogP contribution is 2.17. The smallest absolute Gasteiger partial charge is 0.451 e. The van der Waals surface area contributed by atoms with E-state index in [0.29, 0.717) is 25.8 Å². The molecule has 2 atom stereocenters. The van der Waals surface area contributed by atoms with Gasteiger partial charge in [0.05, 0.1) is 6.04 Å². The van der Waals surface area contributed by atoms with Crippen LogP contribution in [0.4, 0.5) is 0 Å². The SMILES string of the molecule is NCCN(CC(CCCB(O)O)CC(=O)O)C(=O)[C@@H](N)Cc1ccccc1. The van der Waals surface area contributed by atoms with E-state index >= 15 is 0 Å². The van der Waals surface area contributed by atoms with Crippen LogP contribution in [0.25, 0.3) is 0 Å². The van der Waals surface area contributed by atoms with E-state index in [1.54, 1.807) is 0 Å². The molecule has 0 radical (unpaired) electrons. The number of nitrogens with two attached hydrogens (primary N) is 2. The van der Waals surface area contributed by atoms with Crippen molar-refractivity contribution in [1.29, 1.82) is 0 Å². The van der Waals surface area contributed by atoms with Crippen molar-refractivity contribution in [2.75, 3.05) is 19.6 Å². The Morgan fingerprint density at radius 3 is 2.41 bits per heavy atom. The molecule has 8 nitrogen and oxygen atoms in total. The van der Waals surface area contributed by atoms with Gasteiger partial charge in [0, 0.05) is 26.1 Å². The lowest BCUT2D eigenvalue weighted by Crippen LogP contribution is -2.48. The molecule has 1 aromatic carbocycles. The summed E-state index contributed by atoms with van der Waals surface area (Å²) >= 11 is 0. The van der Waals surface area contributed by atoms with Gasteiger partial charge in [-0.25, -0.2) is 0 Å². The highest BCUT2D eigenvalue weighted by molar-refractivity contribution is 6.40. The number of aliphatic carboxylic acids is 1. The standard InChI is InChI=1S/C18H30BN3O5/c20-9-10-22(13-15(12-17(23)24)7-4-8-19(26)27)18(25)16(21)11-14-5-2-1-3-6-14/h1-3,5-6,15-16,26-27H,4,7-13,20-21H2,(H,23,24)/t15?,16-/m0/s1. The monoisotopic (exact) mass is 379 g/mol. The molecule has 0 saturated heterocycles. The van der Waals surface area contributed by atoms with Gasteiger partial charge in [0.15, 0.2) is 0 Å². The maximum Gasteiger partial charge on any atom is 0.451 e. The van der Waals surface area contributed by atoms with Crippen LogP contribution in [0.15, 0.2) is 30.3 Å². The second-order valence-corrected chi connectivity index (χ2v) is 6.74. The molecule has 0 bridgehead atoms. The van der Waals surface area contributed by atoms with Crippen molar-refractivity contribution in [2.45, 2.75) is 38.0 Å². The van der Waals surface area contributed by atoms with Gasteiger partial charge in [0.1, 0.15) is 0 Å². The molecule has 0 aliphatic heterocycles. The molecule has 0 aromatic heterocycles. The summed E-state index contributed by atoms with van der Waals surface area (Å²) in [4.78, 5) is 25.4. The number of carbonyl (C=O) groups excluding carboxylic acids is 1. The van der Waals surface area contributed by atoms with Crippen LogP contribution in [0.1, 0.15) is 24.8 Å². The van der Waals surface area contributed by atoms with E-state index in [1.807, 2.05) is 30.3 Å². The Balaban J connectivity index is 2.73. The molecule has 1 unspecified atom stereocenters. The molecular weight excluding hydrogens is 349 g/mol. The summed E-state index contributed by atoms with van der Waals surface area (Å²) in [6.07, 6.45) is 1.36. The van der Waals surface area contributed by atoms with E-state index in [0.717, 1.165) is 5.56 Å². The highest BCUT2D eigenvalue weighted by Gasteiger charge is 2.25. The van der Waals surface area contributed by atoms with Crippen LogP contribution in [-0.2, 0) is 16.0 Å². The lowest BCUT2D eigenvalue weighted by molar-refractivity contribution is -0.140. The third kappa shape index (κ3) is 9.53. The molecule has 0 fully saturated rings. The van der Waals surface area contributed by atoms with E-state index in [1.165, 1.54) is 4.90 Å². The average molecular weight is 379 g/mol. The summed E-state index contributed by atoms with van der Waals surface area (Å²) in [5, 5.41) is 27.0. The molecule has 0 aliphatic carbocycles. The fraction of sp³-hybridized carbons (Fsp3) is 0.556. The summed E-state index contributed by atoms with van der Waals surface area (Å²) in [5.74, 6) is -1.53. The lowest BCUT2D eigenvalue weighted by Gasteiger charge is -2.29. The predicted octanol–water partition coefficient (Wildman–Crippen LogP) is -0.312. The summed E-state index contributed by atoms with van der Waals surface area (Å²) in [6, 6.07) is 8.70. The van der Waals surface area contributed by atoms with Crippen LogP contribution < -0.4 is 11.5 Å². The largest absolute Gasteiger partial charge is 0.481 e. The first-order valence-corrected chi connectivity index (χ1v) is 9.19. The van der Waals surface area contributed by atoms with Crippen molar-refractivity contribution in [3.8, 4) is 0 Å². The number of amides is 1. The zero-order chi connectivity index (χ0) is 20.2. The fourth-order valence-corrected chi connectivity index (χ4v) is 3.04. The molecule has 27 heavy (non-hydrogen) atoms. The minimum Gasteiger partial charge on any atom is -0.481 e. The molecule has 1 amide bonds. The molecule has 0 heterocycles. The first kappa shape index (κ1) is 23.1. The quantitative estimate of drug-likeness (QED) is 0.295. The number of hydrogen-bond donors (Lipinski definition) is 5. The highest BCUT2D eigenvalue weighted by atomic mass is 16.4. The van der Waals surface area contributed by atoms with Gasteiger partial charge >= 0.3 is 13.1 Å². The molecule has 0 spiro atoms. The van der Waals surface area contributed by atoms with Gasteiger partial charge in [-0.3, -0.25) is 9.59 Å². The van der Waals surface area contributed by atoms with Crippen molar-refractivity contribution in [2.24, 2.45) is 17.4 Å². The molecule has 0 saturated carbocycles. The number of rotatable bonds is 13. The average Bonchev–Trinajstić information content (AvgIpc) is 2.60. The number of carbonyl (C=O) groups is 2. The van der Waals surface area contributed by atoms with Crippen LogP contribution in [0.5, 0.6) is 0 Å². The van der Waals surface area contributed by atoms with Crippen LogP contribution in [0.2, 0.25) is 6.32 Å². The Hall–Kier alpha value is -1.94. The Morgan fingerprint density at radius 2 is 1.85 bits per heavy atom. The third-order valence-corrected chi connectivity index (χ3v) is 4.34. The number of benzene rings is 1. The maximum atomic E-state index is 12.8. The molecule has 7 N–H and O–H groups in total. The second kappa shape index (κ2) is 12.5. The number of carboxylic acids is 1. The van der Waals surface area contributed by atoms with E-state index in [-0.39, 0.29) is 37.7 Å². The maximum absolute atomic E-state index is 12.8. The fourth-order valence-electron chi connectivity index (χ4n) is 3.04. The van der Waals surface area contributed by atoms with Crippen LogP contribution in [-0.4, -0.2) is 64.7 Å². The summed E-state index contributed by atoms with van der Waals surface area (Å²) in [5.41, 5.74) is 12.7. The Morgan fingerprint density at radius 1 is 1.19 bits per heavy atom. The molecule has 9 heteroatoms. The van der Waals surface area contributed by atoms with Gasteiger partial charge < -0.3 is 31.5 Å². The van der Waals surface area contributed by atoms with E-state index in [9.17, 15) is 9.59 Å². The molecule has 150 valence electrons. The van der Waals surface area contributed by atoms with Crippen molar-refractivity contribution in [1.82, 2.24) is 4.90 Å². The van der Waals surface area contributed by atoms with Gasteiger partial charge in [0.25, 0.3) is 0 Å². The van der Waals surface area contributed by atoms with Crippen molar-refractivity contribution in [3.05, 3.63) is 35.9 Å². The van der Waals surface area contributed by atoms with Crippen LogP contribution in [0, 0.1) is 5.92 Å². The molecule has 1 aromatic rings. The summed E-state index contributed by atoms with van der Waals surface area (Å²) in [6.45, 7) is 0.769. The Labute approximate surface area is 160 Å². The predicted molar refractivity (Wildman–Crippen MR) is 104 cm³/mol. The van der Waals surface area contributed by atoms with Gasteiger partial charge in [-0.2, -0.15) is 0 Å². The number of carboxylic acid groups (broad SMARTS) is 1. The Bertz CT molecular complexity index is 573. The van der Waals surface area contributed by atoms with E-state index in [4.69, 9.17) is 26.6 Å². The molecular formula is C18H30BN3O5. The first-order valence-electron chi connectivity index (χ1n) is 9.19. The van der Waals surface area contributed by atoms with Gasteiger partial charge in [-0.05, 0) is 30.6 Å². The number of hydrogen-bond acceptors (Lipinski definition) is 6. The number of nitrogens with zero attached hydrogens (tertiary/aromatic N) is 1. The van der Waals surface area contributed by atoms with Crippen molar-refractivity contribution < 1.29 is 24.7 Å². The van der Waals surface area contributed by atoms with Crippen molar-refractivity contribution >= 4 is 19.0 Å². The zero-order valence-electron chi connectivity index (χ0n) is 15.5. The first-order chi connectivity index (χ1) is 12.8. The molecule has 1 rings (SSSR count). The van der Waals surface area contributed by atoms with E-state index < -0.39 is 19.1 Å². The summed E-state index contributed by atoms with van der Waals surface area (Å²) < 4.78 is 0. The summed E-state index contributed by atoms with van der Waals surface area (Å²) in [7, 11) is -1.42. The van der Waals surface area contributed by atoms with Gasteiger partial charge in [-0.1, -0.05) is 36.8 Å². The molecule has 0 aliphatic rings. The minimum atomic E-state index is -1.42. The second-order valence-electron chi connectivity index (χ2n) is 6.74. The zero-order valence-corrected chi connectivity index (χ0v) is 15.5. The topological polar surface area (TPSA) is 150 Å². The third-order valence-electron chi connectivity index (χ3n) is 4.34. The van der Waals surface area contributed by atoms with Gasteiger partial charge in [0.2, 0.25) is 5.91 Å². The normalized spacial score (nSPS) is 13.0. The lowest BCUT2D eigenvalue weighted by atomic mass is 9.81. The van der Waals surface area contributed by atoms with Gasteiger partial charge in [-0.15, -0.1) is 0 Å². The van der Waals surface area contributed by atoms with Crippen LogP contribution in [0.3, 0.4) is 0 Å². The van der Waals surface area contributed by atoms with Crippen LogP contribution >= 0.6 is 0 Å². The Kier molecular flexibility index (Phi) is 10.7. The van der Waals surface area contributed by atoms with E-state index in [2.05, 4.69) is 0 Å².